The van der Waals surface area contributed by atoms with E-state index in [-0.39, 0.29) is 6.10 Å². The molecule has 11 heavy (non-hydrogen) atoms. The van der Waals surface area contributed by atoms with Gasteiger partial charge in [-0.25, -0.2) is 4.79 Å². The van der Waals surface area contributed by atoms with Gasteiger partial charge in [0, 0.05) is 7.11 Å². The van der Waals surface area contributed by atoms with Crippen LogP contribution in [-0.4, -0.2) is 37.0 Å². The maximum Gasteiger partial charge on any atom is 0.332 e. The van der Waals surface area contributed by atoms with Crippen LogP contribution in [0.2, 0.25) is 0 Å². The van der Waals surface area contributed by atoms with Crippen molar-refractivity contribution in [1.82, 2.24) is 0 Å². The lowest BCUT2D eigenvalue weighted by molar-refractivity contribution is -0.150. The van der Waals surface area contributed by atoms with E-state index in [0.29, 0.717) is 6.61 Å². The first-order chi connectivity index (χ1) is 5.07. The van der Waals surface area contributed by atoms with Crippen molar-refractivity contribution >= 4 is 5.97 Å². The zero-order valence-electron chi connectivity index (χ0n) is 7.03. The van der Waals surface area contributed by atoms with Gasteiger partial charge in [-0.1, -0.05) is 0 Å². The van der Waals surface area contributed by atoms with Crippen molar-refractivity contribution in [2.75, 3.05) is 13.7 Å². The normalized spacial score (nSPS) is 15.9. The predicted octanol–water partition coefficient (Wildman–Crippen LogP) is 0.511. The van der Waals surface area contributed by atoms with Crippen LogP contribution in [0.15, 0.2) is 0 Å². The number of carboxylic acid groups (broad SMARTS) is 1. The van der Waals surface area contributed by atoms with E-state index in [0.717, 1.165) is 0 Å². The average molecular weight is 162 g/mol. The molecule has 0 bridgehead atoms. The lowest BCUT2D eigenvalue weighted by atomic mass is 10.4. The molecular weight excluding hydrogens is 148 g/mol. The van der Waals surface area contributed by atoms with Crippen molar-refractivity contribution in [2.24, 2.45) is 0 Å². The van der Waals surface area contributed by atoms with E-state index in [2.05, 4.69) is 0 Å². The zero-order chi connectivity index (χ0) is 8.85. The summed E-state index contributed by atoms with van der Waals surface area (Å²) < 4.78 is 9.79. The number of carboxylic acids is 1. The second-order valence-corrected chi connectivity index (χ2v) is 2.36. The van der Waals surface area contributed by atoms with E-state index in [9.17, 15) is 4.79 Å². The van der Waals surface area contributed by atoms with Crippen molar-refractivity contribution in [3.05, 3.63) is 0 Å². The van der Waals surface area contributed by atoms with Crippen molar-refractivity contribution in [3.8, 4) is 0 Å². The molecule has 0 rings (SSSR count). The van der Waals surface area contributed by atoms with Crippen LogP contribution in [0.5, 0.6) is 0 Å². The van der Waals surface area contributed by atoms with Crippen LogP contribution < -0.4 is 0 Å². The third-order valence-corrected chi connectivity index (χ3v) is 1.33. The van der Waals surface area contributed by atoms with Crippen LogP contribution in [0, 0.1) is 0 Å². The van der Waals surface area contributed by atoms with Gasteiger partial charge in [0.15, 0.2) is 6.10 Å². The maximum atomic E-state index is 10.2. The summed E-state index contributed by atoms with van der Waals surface area (Å²) in [6.07, 6.45) is -0.815. The molecule has 0 aromatic rings. The third-order valence-electron chi connectivity index (χ3n) is 1.33. The summed E-state index contributed by atoms with van der Waals surface area (Å²) in [7, 11) is 1.56. The fourth-order valence-electron chi connectivity index (χ4n) is 0.419. The molecule has 0 unspecified atom stereocenters. The summed E-state index contributed by atoms with van der Waals surface area (Å²) in [6, 6.07) is 0. The molecular formula is C7H14O4. The Balaban J connectivity index is 3.45. The summed E-state index contributed by atoms with van der Waals surface area (Å²) >= 11 is 0. The quantitative estimate of drug-likeness (QED) is 0.640. The largest absolute Gasteiger partial charge is 0.479 e. The Kier molecular flexibility index (Phi) is 4.81. The fraction of sp³-hybridized carbons (Fsp3) is 0.857. The van der Waals surface area contributed by atoms with Crippen LogP contribution in [0.4, 0.5) is 0 Å². The Hall–Kier alpha value is -0.610. The standard InChI is InChI=1S/C7H14O4/c1-5(10-3)4-11-6(2)7(8)9/h5-6H,4H2,1-3H3,(H,8,9)/t5-,6+/m1/s1. The summed E-state index contributed by atoms with van der Waals surface area (Å²) in [5.41, 5.74) is 0. The van der Waals surface area contributed by atoms with Crippen LogP contribution in [0.1, 0.15) is 13.8 Å². The van der Waals surface area contributed by atoms with Gasteiger partial charge in [0.05, 0.1) is 12.7 Å². The van der Waals surface area contributed by atoms with Gasteiger partial charge in [0.2, 0.25) is 0 Å². The molecule has 0 radical (unpaired) electrons. The van der Waals surface area contributed by atoms with Gasteiger partial charge in [-0.15, -0.1) is 0 Å². The number of ether oxygens (including phenoxy) is 2. The molecule has 0 spiro atoms. The molecule has 0 aromatic heterocycles. The number of hydrogen-bond donors (Lipinski definition) is 1. The highest BCUT2D eigenvalue weighted by Crippen LogP contribution is 1.94. The smallest absolute Gasteiger partial charge is 0.332 e. The molecule has 0 aliphatic carbocycles. The van der Waals surface area contributed by atoms with Gasteiger partial charge in [0.25, 0.3) is 0 Å². The van der Waals surface area contributed by atoms with Crippen LogP contribution >= 0.6 is 0 Å². The number of carbonyl (C=O) groups is 1. The highest BCUT2D eigenvalue weighted by atomic mass is 16.5. The monoisotopic (exact) mass is 162 g/mol. The molecule has 0 fully saturated rings. The molecule has 0 aromatic carbocycles. The van der Waals surface area contributed by atoms with E-state index >= 15 is 0 Å². The second-order valence-electron chi connectivity index (χ2n) is 2.36. The Labute approximate surface area is 66.1 Å². The van der Waals surface area contributed by atoms with Gasteiger partial charge >= 0.3 is 5.97 Å². The van der Waals surface area contributed by atoms with Crippen LogP contribution in [0.3, 0.4) is 0 Å². The lowest BCUT2D eigenvalue weighted by Gasteiger charge is -2.12. The molecule has 0 saturated heterocycles. The Bertz CT molecular complexity index is 124. The fourth-order valence-corrected chi connectivity index (χ4v) is 0.419. The molecule has 0 amide bonds. The van der Waals surface area contributed by atoms with Crippen molar-refractivity contribution in [1.29, 1.82) is 0 Å². The van der Waals surface area contributed by atoms with Gasteiger partial charge in [-0.05, 0) is 13.8 Å². The first kappa shape index (κ1) is 10.4. The van der Waals surface area contributed by atoms with Crippen molar-refractivity contribution in [2.45, 2.75) is 26.1 Å². The lowest BCUT2D eigenvalue weighted by Crippen LogP contribution is -2.25. The minimum absolute atomic E-state index is 0.0585. The molecule has 4 nitrogen and oxygen atoms in total. The van der Waals surface area contributed by atoms with E-state index in [1.807, 2.05) is 6.92 Å². The van der Waals surface area contributed by atoms with Gasteiger partial charge < -0.3 is 14.6 Å². The minimum atomic E-state index is -0.951. The van der Waals surface area contributed by atoms with E-state index in [4.69, 9.17) is 14.6 Å². The summed E-state index contributed by atoms with van der Waals surface area (Å²) in [5.74, 6) is -0.951. The van der Waals surface area contributed by atoms with Gasteiger partial charge in [-0.3, -0.25) is 0 Å². The van der Waals surface area contributed by atoms with Gasteiger partial charge in [-0.2, -0.15) is 0 Å². The molecule has 0 saturated carbocycles. The Morgan fingerprint density at radius 2 is 2.09 bits per heavy atom. The van der Waals surface area contributed by atoms with Gasteiger partial charge in [0.1, 0.15) is 0 Å². The summed E-state index contributed by atoms with van der Waals surface area (Å²) in [5, 5.41) is 8.40. The minimum Gasteiger partial charge on any atom is -0.479 e. The number of methoxy groups -OCH3 is 1. The molecule has 66 valence electrons. The second kappa shape index (κ2) is 5.09. The summed E-state index contributed by atoms with van der Waals surface area (Å²) in [6.45, 7) is 3.61. The summed E-state index contributed by atoms with van der Waals surface area (Å²) in [4.78, 5) is 10.2. The maximum absolute atomic E-state index is 10.2. The van der Waals surface area contributed by atoms with Crippen LogP contribution in [0.25, 0.3) is 0 Å². The topological polar surface area (TPSA) is 55.8 Å². The first-order valence-corrected chi connectivity index (χ1v) is 3.45. The number of hydrogen-bond acceptors (Lipinski definition) is 3. The average Bonchev–Trinajstić information content (AvgIpc) is 1.99. The molecule has 0 aliphatic heterocycles. The molecule has 2 atom stereocenters. The molecule has 0 heterocycles. The van der Waals surface area contributed by atoms with E-state index in [1.165, 1.54) is 6.92 Å². The Morgan fingerprint density at radius 3 is 2.45 bits per heavy atom. The Morgan fingerprint density at radius 1 is 1.55 bits per heavy atom. The third kappa shape index (κ3) is 4.75. The highest BCUT2D eigenvalue weighted by molar-refractivity contribution is 5.71. The van der Waals surface area contributed by atoms with Crippen molar-refractivity contribution in [3.63, 3.8) is 0 Å². The first-order valence-electron chi connectivity index (χ1n) is 3.45. The van der Waals surface area contributed by atoms with E-state index in [1.54, 1.807) is 7.11 Å². The number of aliphatic carboxylic acids is 1. The van der Waals surface area contributed by atoms with E-state index < -0.39 is 12.1 Å². The van der Waals surface area contributed by atoms with Crippen LogP contribution in [-0.2, 0) is 14.3 Å². The molecule has 0 aliphatic rings. The molecule has 4 heteroatoms. The van der Waals surface area contributed by atoms with Crippen molar-refractivity contribution < 1.29 is 19.4 Å². The SMILES string of the molecule is CO[C@H](C)CO[C@@H](C)C(=O)O. The zero-order valence-corrected chi connectivity index (χ0v) is 7.03. The highest BCUT2D eigenvalue weighted by Gasteiger charge is 2.11. The predicted molar refractivity (Wildman–Crippen MR) is 39.5 cm³/mol. The molecule has 1 N–H and O–H groups in total. The number of rotatable bonds is 5.